The van der Waals surface area contributed by atoms with Crippen LogP contribution in [0.1, 0.15) is 52.8 Å². The van der Waals surface area contributed by atoms with Gasteiger partial charge in [0.05, 0.1) is 49.3 Å². The molecule has 1 aromatic heterocycles. The lowest BCUT2D eigenvalue weighted by Crippen LogP contribution is -2.37. The molecule has 5 rings (SSSR count). The first-order chi connectivity index (χ1) is 20.3. The van der Waals surface area contributed by atoms with E-state index in [1.807, 2.05) is 67.6 Å². The Balaban J connectivity index is 1.67. The molecule has 0 bridgehead atoms. The highest BCUT2D eigenvalue weighted by atomic mass is 35.5. The smallest absolute Gasteiger partial charge is 0.410 e. The molecule has 4 aromatic rings. The summed E-state index contributed by atoms with van der Waals surface area (Å²) in [5.74, 6) is 0.347. The molecule has 8 nitrogen and oxygen atoms in total. The third kappa shape index (κ3) is 6.15. The number of aromatic nitrogens is 2. The lowest BCUT2D eigenvalue weighted by molar-refractivity contribution is 0.0926. The lowest BCUT2D eigenvalue weighted by atomic mass is 9.97. The van der Waals surface area contributed by atoms with Crippen LogP contribution in [0.2, 0.25) is 10.0 Å². The Bertz CT molecular complexity index is 1630. The van der Waals surface area contributed by atoms with Gasteiger partial charge in [-0.2, -0.15) is 5.10 Å². The number of amides is 2. The van der Waals surface area contributed by atoms with Gasteiger partial charge in [0.25, 0.3) is 5.91 Å². The van der Waals surface area contributed by atoms with Gasteiger partial charge in [-0.1, -0.05) is 65.7 Å². The number of hydrogen-bond donors (Lipinski definition) is 1. The minimum absolute atomic E-state index is 0.127. The maximum atomic E-state index is 13.8. The van der Waals surface area contributed by atoms with Crippen molar-refractivity contribution in [2.24, 2.45) is 0 Å². The third-order valence-corrected chi connectivity index (χ3v) is 7.52. The molecule has 1 aliphatic heterocycles. The van der Waals surface area contributed by atoms with Crippen molar-refractivity contribution < 1.29 is 19.1 Å². The number of nitrogens with one attached hydrogen (secondary N) is 1. The van der Waals surface area contributed by atoms with Crippen LogP contribution < -0.4 is 10.1 Å². The minimum Gasteiger partial charge on any atom is -0.497 e. The van der Waals surface area contributed by atoms with E-state index in [1.54, 1.807) is 41.8 Å². The van der Waals surface area contributed by atoms with Gasteiger partial charge in [-0.05, 0) is 67.0 Å². The molecule has 0 saturated heterocycles. The highest BCUT2D eigenvalue weighted by molar-refractivity contribution is 6.35. The topological polar surface area (TPSA) is 85.7 Å². The monoisotopic (exact) mass is 604 g/mol. The number of benzene rings is 3. The van der Waals surface area contributed by atoms with Crippen molar-refractivity contribution in [2.75, 3.05) is 20.3 Å². The molecule has 1 N–H and O–H groups in total. The summed E-state index contributed by atoms with van der Waals surface area (Å²) < 4.78 is 12.3. The minimum atomic E-state index is -0.481. The second-order valence-electron chi connectivity index (χ2n) is 9.79. The number of nitrogens with zero attached hydrogens (tertiary/aromatic N) is 3. The highest BCUT2D eigenvalue weighted by Crippen LogP contribution is 2.36. The Labute approximate surface area is 254 Å². The van der Waals surface area contributed by atoms with Gasteiger partial charge >= 0.3 is 6.09 Å². The first-order valence-electron chi connectivity index (χ1n) is 13.5. The standard InChI is InChI=1S/C32H30Cl2N4O4/c1-4-42-32(40)37-18-23(16-21-10-13-25(41-3)14-11-21)30-26(19-37)29(31(39)35-20(2)22-8-6-5-7-9-22)36-38(30)28-15-12-24(33)17-27(28)34/h5-17,20H,4,18-19H2,1-3H3,(H,35,39)/b23-16+. The molecule has 1 unspecified atom stereocenters. The Hall–Kier alpha value is -4.27. The number of carbonyl (C=O) groups excluding carboxylic acids is 2. The first-order valence-corrected chi connectivity index (χ1v) is 14.2. The van der Waals surface area contributed by atoms with Crippen LogP contribution in [0.15, 0.2) is 72.8 Å². The fraction of sp³-hybridized carbons (Fsp3) is 0.219. The second-order valence-corrected chi connectivity index (χ2v) is 10.6. The summed E-state index contributed by atoms with van der Waals surface area (Å²) in [6.07, 6.45) is 1.48. The van der Waals surface area contributed by atoms with E-state index in [1.165, 1.54) is 0 Å². The van der Waals surface area contributed by atoms with Crippen molar-refractivity contribution in [3.63, 3.8) is 0 Å². The highest BCUT2D eigenvalue weighted by Gasteiger charge is 2.34. The van der Waals surface area contributed by atoms with Crippen LogP contribution in [-0.4, -0.2) is 46.9 Å². The van der Waals surface area contributed by atoms with E-state index < -0.39 is 6.09 Å². The van der Waals surface area contributed by atoms with Crippen LogP contribution in [0.5, 0.6) is 5.75 Å². The molecule has 2 amide bonds. The van der Waals surface area contributed by atoms with Crippen LogP contribution in [0.25, 0.3) is 17.3 Å². The van der Waals surface area contributed by atoms with E-state index in [-0.39, 0.29) is 37.3 Å². The molecule has 0 radical (unpaired) electrons. The first kappa shape index (κ1) is 29.2. The molecule has 0 saturated carbocycles. The van der Waals surface area contributed by atoms with Crippen LogP contribution in [-0.2, 0) is 11.3 Å². The molecule has 0 aliphatic carbocycles. The fourth-order valence-electron chi connectivity index (χ4n) is 4.92. The quantitative estimate of drug-likeness (QED) is 0.241. The zero-order valence-electron chi connectivity index (χ0n) is 23.4. The van der Waals surface area contributed by atoms with E-state index in [0.717, 1.165) is 22.4 Å². The number of ether oxygens (including phenoxy) is 2. The average Bonchev–Trinajstić information content (AvgIpc) is 3.38. The summed E-state index contributed by atoms with van der Waals surface area (Å²) >= 11 is 12.9. The molecule has 42 heavy (non-hydrogen) atoms. The molecule has 216 valence electrons. The van der Waals surface area contributed by atoms with Crippen LogP contribution in [0.3, 0.4) is 0 Å². The van der Waals surface area contributed by atoms with E-state index in [0.29, 0.717) is 27.0 Å². The maximum absolute atomic E-state index is 13.8. The van der Waals surface area contributed by atoms with Gasteiger partial charge in [0.15, 0.2) is 5.69 Å². The number of hydrogen-bond acceptors (Lipinski definition) is 5. The second kappa shape index (κ2) is 12.7. The van der Waals surface area contributed by atoms with Gasteiger partial charge in [-0.3, -0.25) is 9.69 Å². The molecular weight excluding hydrogens is 575 g/mol. The van der Waals surface area contributed by atoms with Gasteiger partial charge in [0.1, 0.15) is 5.75 Å². The van der Waals surface area contributed by atoms with E-state index in [9.17, 15) is 9.59 Å². The zero-order valence-corrected chi connectivity index (χ0v) is 24.9. The van der Waals surface area contributed by atoms with E-state index in [2.05, 4.69) is 5.32 Å². The predicted molar refractivity (Wildman–Crippen MR) is 164 cm³/mol. The number of methoxy groups -OCH3 is 1. The van der Waals surface area contributed by atoms with Gasteiger partial charge in [0.2, 0.25) is 0 Å². The molecule has 2 heterocycles. The van der Waals surface area contributed by atoms with E-state index >= 15 is 0 Å². The van der Waals surface area contributed by atoms with Crippen LogP contribution in [0.4, 0.5) is 4.79 Å². The normalized spacial score (nSPS) is 14.3. The molecule has 1 atom stereocenters. The summed E-state index contributed by atoms with van der Waals surface area (Å²) in [6.45, 7) is 4.25. The number of fused-ring (bicyclic) bond motifs is 1. The summed E-state index contributed by atoms with van der Waals surface area (Å²) in [6, 6.07) is 22.0. The summed E-state index contributed by atoms with van der Waals surface area (Å²) in [7, 11) is 1.61. The fourth-order valence-corrected chi connectivity index (χ4v) is 5.40. The van der Waals surface area contributed by atoms with Crippen LogP contribution >= 0.6 is 23.2 Å². The predicted octanol–water partition coefficient (Wildman–Crippen LogP) is 7.19. The molecule has 10 heteroatoms. The average molecular weight is 606 g/mol. The van der Waals surface area contributed by atoms with E-state index in [4.69, 9.17) is 37.8 Å². The van der Waals surface area contributed by atoms with Gasteiger partial charge in [0, 0.05) is 10.6 Å². The largest absolute Gasteiger partial charge is 0.497 e. The van der Waals surface area contributed by atoms with Gasteiger partial charge < -0.3 is 14.8 Å². The summed E-state index contributed by atoms with van der Waals surface area (Å²) in [5.41, 5.74) is 4.58. The van der Waals surface area contributed by atoms with Gasteiger partial charge in [-0.15, -0.1) is 0 Å². The van der Waals surface area contributed by atoms with Crippen molar-refractivity contribution in [1.29, 1.82) is 0 Å². The molecule has 1 aliphatic rings. The summed E-state index contributed by atoms with van der Waals surface area (Å²) in [5, 5.41) is 8.70. The van der Waals surface area contributed by atoms with Crippen molar-refractivity contribution in [3.05, 3.63) is 111 Å². The summed E-state index contributed by atoms with van der Waals surface area (Å²) in [4.78, 5) is 28.4. The Morgan fingerprint density at radius 1 is 1.05 bits per heavy atom. The Morgan fingerprint density at radius 3 is 2.45 bits per heavy atom. The van der Waals surface area contributed by atoms with Crippen molar-refractivity contribution >= 4 is 46.9 Å². The third-order valence-electron chi connectivity index (χ3n) is 6.98. The van der Waals surface area contributed by atoms with Crippen LogP contribution in [0, 0.1) is 0 Å². The van der Waals surface area contributed by atoms with Gasteiger partial charge in [-0.25, -0.2) is 9.48 Å². The SMILES string of the molecule is CCOC(=O)N1C/C(=C\c2ccc(OC)cc2)c2c(c(C(=O)NC(C)c3ccccc3)nn2-c2ccc(Cl)cc2Cl)C1. The Kier molecular flexibility index (Phi) is 8.85. The molecule has 0 spiro atoms. The van der Waals surface area contributed by atoms with Crippen molar-refractivity contribution in [2.45, 2.75) is 26.4 Å². The number of rotatable bonds is 7. The molecular formula is C32H30Cl2N4O4. The number of halogens is 2. The van der Waals surface area contributed by atoms with Crippen molar-refractivity contribution in [1.82, 2.24) is 20.0 Å². The Morgan fingerprint density at radius 2 is 1.79 bits per heavy atom. The lowest BCUT2D eigenvalue weighted by Gasteiger charge is -2.29. The van der Waals surface area contributed by atoms with Crippen molar-refractivity contribution in [3.8, 4) is 11.4 Å². The molecule has 3 aromatic carbocycles. The zero-order chi connectivity index (χ0) is 29.8. The maximum Gasteiger partial charge on any atom is 0.410 e. The molecule has 0 fully saturated rings. The number of carbonyl (C=O) groups is 2.